The second-order valence-electron chi connectivity index (χ2n) is 5.76. The molecule has 0 saturated carbocycles. The van der Waals surface area contributed by atoms with Gasteiger partial charge in [0.25, 0.3) is 0 Å². The third-order valence-corrected chi connectivity index (χ3v) is 3.04. The SMILES string of the molecule is CCOc1cccc(-c2noc([C@@H](N)C(C)(C)C)n2)c1. The Bertz CT molecular complexity index is 572. The molecule has 1 atom stereocenters. The van der Waals surface area contributed by atoms with E-state index < -0.39 is 0 Å². The maximum Gasteiger partial charge on any atom is 0.244 e. The van der Waals surface area contributed by atoms with Crippen LogP contribution in [0.1, 0.15) is 39.6 Å². The van der Waals surface area contributed by atoms with Gasteiger partial charge in [-0.1, -0.05) is 38.1 Å². The van der Waals surface area contributed by atoms with Crippen molar-refractivity contribution in [1.82, 2.24) is 10.1 Å². The fourth-order valence-corrected chi connectivity index (χ4v) is 1.74. The first kappa shape index (κ1) is 14.5. The minimum absolute atomic E-state index is 0.128. The van der Waals surface area contributed by atoms with Crippen LogP contribution in [0.3, 0.4) is 0 Å². The molecule has 20 heavy (non-hydrogen) atoms. The molecule has 0 saturated heterocycles. The minimum atomic E-state index is -0.293. The van der Waals surface area contributed by atoms with E-state index in [1.807, 2.05) is 52.0 Å². The number of ether oxygens (including phenoxy) is 1. The molecule has 2 N–H and O–H groups in total. The molecule has 0 fully saturated rings. The van der Waals surface area contributed by atoms with E-state index in [1.54, 1.807) is 0 Å². The average molecular weight is 275 g/mol. The molecule has 0 bridgehead atoms. The molecule has 1 aromatic carbocycles. The maximum atomic E-state index is 6.12. The van der Waals surface area contributed by atoms with E-state index in [9.17, 15) is 0 Å². The first-order chi connectivity index (χ1) is 9.41. The summed E-state index contributed by atoms with van der Waals surface area (Å²) in [6.07, 6.45) is 0. The lowest BCUT2D eigenvalue weighted by Gasteiger charge is -2.23. The Labute approximate surface area is 119 Å². The van der Waals surface area contributed by atoms with E-state index in [1.165, 1.54) is 0 Å². The molecule has 1 aromatic heterocycles. The largest absolute Gasteiger partial charge is 0.494 e. The van der Waals surface area contributed by atoms with E-state index in [4.69, 9.17) is 15.0 Å². The Morgan fingerprint density at radius 3 is 2.75 bits per heavy atom. The van der Waals surface area contributed by atoms with Gasteiger partial charge in [0.1, 0.15) is 5.75 Å². The zero-order chi connectivity index (χ0) is 14.8. The molecule has 0 aliphatic rings. The molecule has 0 spiro atoms. The van der Waals surface area contributed by atoms with Crippen molar-refractivity contribution in [1.29, 1.82) is 0 Å². The zero-order valence-electron chi connectivity index (χ0n) is 12.4. The number of benzene rings is 1. The van der Waals surface area contributed by atoms with Gasteiger partial charge >= 0.3 is 0 Å². The number of nitrogens with two attached hydrogens (primary N) is 1. The Morgan fingerprint density at radius 1 is 1.35 bits per heavy atom. The van der Waals surface area contributed by atoms with Crippen LogP contribution in [0, 0.1) is 5.41 Å². The zero-order valence-corrected chi connectivity index (χ0v) is 12.4. The Morgan fingerprint density at radius 2 is 2.10 bits per heavy atom. The van der Waals surface area contributed by atoms with E-state index in [0.717, 1.165) is 11.3 Å². The number of hydrogen-bond acceptors (Lipinski definition) is 5. The molecule has 108 valence electrons. The van der Waals surface area contributed by atoms with Crippen molar-refractivity contribution in [2.75, 3.05) is 6.61 Å². The summed E-state index contributed by atoms with van der Waals surface area (Å²) in [5, 5.41) is 4.00. The summed E-state index contributed by atoms with van der Waals surface area (Å²) < 4.78 is 10.7. The van der Waals surface area contributed by atoms with E-state index >= 15 is 0 Å². The van der Waals surface area contributed by atoms with Gasteiger partial charge in [-0.2, -0.15) is 4.98 Å². The van der Waals surface area contributed by atoms with Crippen molar-refractivity contribution < 1.29 is 9.26 Å². The van der Waals surface area contributed by atoms with Gasteiger partial charge in [0.15, 0.2) is 0 Å². The smallest absolute Gasteiger partial charge is 0.244 e. The highest BCUT2D eigenvalue weighted by Gasteiger charge is 2.27. The topological polar surface area (TPSA) is 74.2 Å². The van der Waals surface area contributed by atoms with Crippen molar-refractivity contribution in [3.63, 3.8) is 0 Å². The predicted octanol–water partition coefficient (Wildman–Crippen LogP) is 3.18. The lowest BCUT2D eigenvalue weighted by Crippen LogP contribution is -2.26. The highest BCUT2D eigenvalue weighted by Crippen LogP contribution is 2.30. The summed E-state index contributed by atoms with van der Waals surface area (Å²) >= 11 is 0. The van der Waals surface area contributed by atoms with Crippen LogP contribution in [-0.4, -0.2) is 16.7 Å². The Hall–Kier alpha value is -1.88. The number of nitrogens with zero attached hydrogens (tertiary/aromatic N) is 2. The minimum Gasteiger partial charge on any atom is -0.494 e. The van der Waals surface area contributed by atoms with Crippen LogP contribution in [0.2, 0.25) is 0 Å². The van der Waals surface area contributed by atoms with Crippen molar-refractivity contribution in [3.05, 3.63) is 30.2 Å². The molecule has 2 rings (SSSR count). The van der Waals surface area contributed by atoms with Gasteiger partial charge in [-0.05, 0) is 24.5 Å². The van der Waals surface area contributed by atoms with Gasteiger partial charge < -0.3 is 15.0 Å². The van der Waals surface area contributed by atoms with Gasteiger partial charge in [-0.15, -0.1) is 0 Å². The number of aromatic nitrogens is 2. The molecule has 0 radical (unpaired) electrons. The maximum absolute atomic E-state index is 6.12. The molecule has 2 aromatic rings. The second kappa shape index (κ2) is 5.63. The van der Waals surface area contributed by atoms with Gasteiger partial charge in [0, 0.05) is 5.56 Å². The molecule has 1 heterocycles. The lowest BCUT2D eigenvalue weighted by molar-refractivity contribution is 0.253. The van der Waals surface area contributed by atoms with Gasteiger partial charge in [0.05, 0.1) is 12.6 Å². The second-order valence-corrected chi connectivity index (χ2v) is 5.76. The van der Waals surface area contributed by atoms with Gasteiger partial charge in [0.2, 0.25) is 11.7 Å². The molecule has 5 nitrogen and oxygen atoms in total. The van der Waals surface area contributed by atoms with Gasteiger partial charge in [-0.3, -0.25) is 0 Å². The monoisotopic (exact) mass is 275 g/mol. The highest BCUT2D eigenvalue weighted by molar-refractivity contribution is 5.56. The standard InChI is InChI=1S/C15H21N3O2/c1-5-19-11-8-6-7-10(9-11)13-17-14(20-18-13)12(16)15(2,3)4/h6-9,12H,5,16H2,1-4H3/t12-/m1/s1. The first-order valence-corrected chi connectivity index (χ1v) is 6.74. The Balaban J connectivity index is 2.27. The van der Waals surface area contributed by atoms with Crippen LogP contribution in [0.4, 0.5) is 0 Å². The third-order valence-electron chi connectivity index (χ3n) is 3.04. The van der Waals surface area contributed by atoms with Crippen molar-refractivity contribution in [2.45, 2.75) is 33.7 Å². The van der Waals surface area contributed by atoms with Crippen molar-refractivity contribution in [3.8, 4) is 17.1 Å². The number of hydrogen-bond donors (Lipinski definition) is 1. The summed E-state index contributed by atoms with van der Waals surface area (Å²) in [7, 11) is 0. The third kappa shape index (κ3) is 3.17. The van der Waals surface area contributed by atoms with E-state index in [2.05, 4.69) is 10.1 Å². The van der Waals surface area contributed by atoms with Crippen LogP contribution >= 0.6 is 0 Å². The van der Waals surface area contributed by atoms with Crippen molar-refractivity contribution >= 4 is 0 Å². The van der Waals surface area contributed by atoms with Gasteiger partial charge in [-0.25, -0.2) is 0 Å². The van der Waals surface area contributed by atoms with Crippen LogP contribution in [0.5, 0.6) is 5.75 Å². The molecule has 0 amide bonds. The Kier molecular flexibility index (Phi) is 4.09. The predicted molar refractivity (Wildman–Crippen MR) is 77.3 cm³/mol. The molecular formula is C15H21N3O2. The highest BCUT2D eigenvalue weighted by atomic mass is 16.5. The molecule has 0 aliphatic heterocycles. The van der Waals surface area contributed by atoms with Crippen LogP contribution in [0.15, 0.2) is 28.8 Å². The van der Waals surface area contributed by atoms with Crippen molar-refractivity contribution in [2.24, 2.45) is 11.1 Å². The molecule has 0 unspecified atom stereocenters. The quantitative estimate of drug-likeness (QED) is 0.927. The summed E-state index contributed by atoms with van der Waals surface area (Å²) in [6, 6.07) is 7.31. The molecule has 0 aliphatic carbocycles. The van der Waals surface area contributed by atoms with Crippen LogP contribution < -0.4 is 10.5 Å². The number of rotatable bonds is 4. The summed E-state index contributed by atoms with van der Waals surface area (Å²) in [6.45, 7) is 8.68. The summed E-state index contributed by atoms with van der Waals surface area (Å²) in [5.41, 5.74) is 6.85. The van der Waals surface area contributed by atoms with Crippen LogP contribution in [-0.2, 0) is 0 Å². The molecular weight excluding hydrogens is 254 g/mol. The average Bonchev–Trinajstić information content (AvgIpc) is 2.87. The summed E-state index contributed by atoms with van der Waals surface area (Å²) in [5.74, 6) is 1.77. The van der Waals surface area contributed by atoms with Crippen LogP contribution in [0.25, 0.3) is 11.4 Å². The van der Waals surface area contributed by atoms with E-state index in [-0.39, 0.29) is 11.5 Å². The first-order valence-electron chi connectivity index (χ1n) is 6.74. The fraction of sp³-hybridized carbons (Fsp3) is 0.467. The molecule has 5 heteroatoms. The normalized spacial score (nSPS) is 13.2. The summed E-state index contributed by atoms with van der Waals surface area (Å²) in [4.78, 5) is 4.39. The fourth-order valence-electron chi connectivity index (χ4n) is 1.74. The lowest BCUT2D eigenvalue weighted by atomic mass is 9.87. The van der Waals surface area contributed by atoms with E-state index in [0.29, 0.717) is 18.3 Å².